The van der Waals surface area contributed by atoms with Crippen molar-refractivity contribution in [2.24, 2.45) is 0 Å². The van der Waals surface area contributed by atoms with Gasteiger partial charge in [0.2, 0.25) is 5.65 Å². The van der Waals surface area contributed by atoms with Crippen LogP contribution < -0.4 is 5.69 Å². The van der Waals surface area contributed by atoms with Crippen LogP contribution in [0.25, 0.3) is 11.2 Å². The number of fused-ring (bicyclic) bond motifs is 1. The Morgan fingerprint density at radius 1 is 1.25 bits per heavy atom. The zero-order valence-electron chi connectivity index (χ0n) is 5.88. The molecule has 0 saturated carbocycles. The van der Waals surface area contributed by atoms with Gasteiger partial charge in [-0.05, 0) is 0 Å². The number of aromatic nitrogens is 4. The van der Waals surface area contributed by atoms with Gasteiger partial charge in [-0.1, -0.05) is 0 Å². The van der Waals surface area contributed by atoms with Gasteiger partial charge in [0.1, 0.15) is 5.52 Å². The molecule has 2 heterocycles. The first-order valence-corrected chi connectivity index (χ1v) is 3.17. The normalized spacial score (nSPS) is 10.3. The second kappa shape index (κ2) is 2.26. The van der Waals surface area contributed by atoms with E-state index in [1.165, 1.54) is 18.6 Å². The summed E-state index contributed by atoms with van der Waals surface area (Å²) in [4.78, 5) is 21.7. The molecule has 0 aliphatic carbocycles. The molecule has 0 bridgehead atoms. The third kappa shape index (κ3) is 0.815. The fourth-order valence-electron chi connectivity index (χ4n) is 0.857. The maximum absolute atomic E-state index is 10.8. The molecule has 0 spiro atoms. The van der Waals surface area contributed by atoms with Crippen LogP contribution in [0.3, 0.4) is 0 Å². The largest absolute Gasteiger partial charge is 0.422 e. The third-order valence-electron chi connectivity index (χ3n) is 1.39. The number of hydrogen-bond donors (Lipinski definition) is 1. The van der Waals surface area contributed by atoms with Crippen molar-refractivity contribution in [1.29, 1.82) is 0 Å². The molecular formula is C6H4N4O2. The second-order valence-corrected chi connectivity index (χ2v) is 2.12. The lowest BCUT2D eigenvalue weighted by Gasteiger charge is -1.97. The Morgan fingerprint density at radius 2 is 2.00 bits per heavy atom. The van der Waals surface area contributed by atoms with Gasteiger partial charge in [-0.2, -0.15) is 4.98 Å². The van der Waals surface area contributed by atoms with Crippen molar-refractivity contribution in [3.63, 3.8) is 0 Å². The number of hydrogen-bond acceptors (Lipinski definition) is 5. The van der Waals surface area contributed by atoms with E-state index in [9.17, 15) is 4.79 Å². The van der Waals surface area contributed by atoms with Crippen LogP contribution in [0.1, 0.15) is 0 Å². The molecule has 2 aromatic rings. The quantitative estimate of drug-likeness (QED) is 0.527. The molecule has 6 nitrogen and oxygen atoms in total. The molecule has 2 aromatic heterocycles. The van der Waals surface area contributed by atoms with E-state index in [2.05, 4.69) is 15.0 Å². The van der Waals surface area contributed by atoms with E-state index < -0.39 is 5.69 Å². The topological polar surface area (TPSA) is 80.9 Å². The van der Waals surface area contributed by atoms with Crippen LogP contribution in [0.15, 0.2) is 23.4 Å². The van der Waals surface area contributed by atoms with Crippen molar-refractivity contribution >= 4 is 11.2 Å². The first-order valence-electron chi connectivity index (χ1n) is 3.17. The summed E-state index contributed by atoms with van der Waals surface area (Å²) in [6, 6.07) is 0. The lowest BCUT2D eigenvalue weighted by molar-refractivity contribution is 0.182. The van der Waals surface area contributed by atoms with E-state index in [-0.39, 0.29) is 5.65 Å². The molecule has 60 valence electrons. The summed E-state index contributed by atoms with van der Waals surface area (Å²) in [6.45, 7) is 0. The number of nitrogens with zero attached hydrogens (tertiary/aromatic N) is 4. The highest BCUT2D eigenvalue weighted by molar-refractivity contribution is 5.67. The second-order valence-electron chi connectivity index (χ2n) is 2.12. The molecule has 0 amide bonds. The summed E-state index contributed by atoms with van der Waals surface area (Å²) in [5.41, 5.74) is -0.278. The van der Waals surface area contributed by atoms with E-state index in [1.807, 2.05) is 0 Å². The predicted molar refractivity (Wildman–Crippen MR) is 38.8 cm³/mol. The minimum absolute atomic E-state index is 0.109. The zero-order chi connectivity index (χ0) is 8.55. The maximum atomic E-state index is 10.8. The summed E-state index contributed by atoms with van der Waals surface area (Å²) in [5, 5.41) is 9.10. The molecule has 0 atom stereocenters. The fraction of sp³-hybridized carbons (Fsp3) is 0. The fourth-order valence-corrected chi connectivity index (χ4v) is 0.857. The Kier molecular flexibility index (Phi) is 1.26. The van der Waals surface area contributed by atoms with Gasteiger partial charge in [-0.15, -0.1) is 4.73 Å². The number of rotatable bonds is 0. The molecule has 0 unspecified atom stereocenters. The first kappa shape index (κ1) is 6.71. The molecule has 1 N–H and O–H groups in total. The smallest absolute Gasteiger partial charge is 0.382 e. The molecule has 0 aromatic carbocycles. The SMILES string of the molecule is O=c1ncc2nccnc2n1O. The molecule has 12 heavy (non-hydrogen) atoms. The minimum atomic E-state index is -0.761. The van der Waals surface area contributed by atoms with Gasteiger partial charge in [0, 0.05) is 12.4 Å². The van der Waals surface area contributed by atoms with E-state index in [4.69, 9.17) is 5.21 Å². The van der Waals surface area contributed by atoms with Gasteiger partial charge >= 0.3 is 5.69 Å². The monoisotopic (exact) mass is 164 g/mol. The highest BCUT2D eigenvalue weighted by atomic mass is 16.5. The van der Waals surface area contributed by atoms with Crippen molar-refractivity contribution in [2.45, 2.75) is 0 Å². The lowest BCUT2D eigenvalue weighted by Crippen LogP contribution is -2.21. The van der Waals surface area contributed by atoms with Gasteiger partial charge in [0.25, 0.3) is 0 Å². The summed E-state index contributed by atoms with van der Waals surface area (Å²) < 4.78 is 0.363. The molecule has 2 rings (SSSR count). The molecule has 0 radical (unpaired) electrons. The van der Waals surface area contributed by atoms with E-state index in [0.29, 0.717) is 10.2 Å². The Labute approximate surface area is 66.1 Å². The zero-order valence-corrected chi connectivity index (χ0v) is 5.88. The minimum Gasteiger partial charge on any atom is -0.422 e. The summed E-state index contributed by atoms with van der Waals surface area (Å²) in [6.07, 6.45) is 4.10. The van der Waals surface area contributed by atoms with Gasteiger partial charge in [0.15, 0.2) is 0 Å². The van der Waals surface area contributed by atoms with Crippen molar-refractivity contribution in [2.75, 3.05) is 0 Å². The highest BCUT2D eigenvalue weighted by Gasteiger charge is 2.02. The highest BCUT2D eigenvalue weighted by Crippen LogP contribution is 1.99. The van der Waals surface area contributed by atoms with E-state index in [0.717, 1.165) is 0 Å². The maximum Gasteiger partial charge on any atom is 0.382 e. The van der Waals surface area contributed by atoms with E-state index in [1.54, 1.807) is 0 Å². The Morgan fingerprint density at radius 3 is 2.83 bits per heavy atom. The van der Waals surface area contributed by atoms with Crippen molar-refractivity contribution in [3.8, 4) is 0 Å². The van der Waals surface area contributed by atoms with Crippen LogP contribution in [-0.4, -0.2) is 24.9 Å². The molecular weight excluding hydrogens is 160 g/mol. The van der Waals surface area contributed by atoms with Crippen LogP contribution in [0.2, 0.25) is 0 Å². The van der Waals surface area contributed by atoms with E-state index >= 15 is 0 Å². The average Bonchev–Trinajstić information content (AvgIpc) is 2.12. The summed E-state index contributed by atoms with van der Waals surface area (Å²) >= 11 is 0. The Hall–Kier alpha value is -1.98. The summed E-state index contributed by atoms with van der Waals surface area (Å²) in [7, 11) is 0. The standard InChI is InChI=1S/C6H4N4O2/c11-6-9-3-4-5(10(6)12)8-2-1-7-4/h1-3,12H. The van der Waals surface area contributed by atoms with Crippen LogP contribution >= 0.6 is 0 Å². The van der Waals surface area contributed by atoms with Crippen molar-refractivity contribution in [3.05, 3.63) is 29.1 Å². The molecule has 0 fully saturated rings. The van der Waals surface area contributed by atoms with Gasteiger partial charge in [-0.3, -0.25) is 0 Å². The lowest BCUT2D eigenvalue weighted by atomic mass is 10.5. The summed E-state index contributed by atoms with van der Waals surface area (Å²) in [5.74, 6) is 0. The van der Waals surface area contributed by atoms with Gasteiger partial charge in [-0.25, -0.2) is 14.8 Å². The predicted octanol–water partition coefficient (Wildman–Crippen LogP) is -0.576. The average molecular weight is 164 g/mol. The Balaban J connectivity index is 3.01. The first-order chi connectivity index (χ1) is 5.79. The van der Waals surface area contributed by atoms with Gasteiger partial charge < -0.3 is 5.21 Å². The van der Waals surface area contributed by atoms with Gasteiger partial charge in [0.05, 0.1) is 6.20 Å². The molecule has 6 heteroatoms. The van der Waals surface area contributed by atoms with Crippen molar-refractivity contribution in [1.82, 2.24) is 19.7 Å². The molecule has 0 aliphatic rings. The Bertz CT molecular complexity index is 478. The molecule has 0 saturated heterocycles. The third-order valence-corrected chi connectivity index (χ3v) is 1.39. The molecule has 0 aliphatic heterocycles. The van der Waals surface area contributed by atoms with Crippen LogP contribution in [0.5, 0.6) is 0 Å². The van der Waals surface area contributed by atoms with Crippen LogP contribution in [0, 0.1) is 0 Å². The van der Waals surface area contributed by atoms with Crippen molar-refractivity contribution < 1.29 is 5.21 Å². The van der Waals surface area contributed by atoms with Crippen LogP contribution in [0.4, 0.5) is 0 Å². The van der Waals surface area contributed by atoms with Crippen LogP contribution in [-0.2, 0) is 0 Å².